The SMILES string of the molecule is COc1cccnc1C(N)c1ccc2nccnc2c1. The number of fused-ring (bicyclic) bond motifs is 1. The van der Waals surface area contributed by atoms with E-state index in [0.717, 1.165) is 16.6 Å². The number of nitrogens with two attached hydrogens (primary N) is 1. The Bertz CT molecular complexity index is 745. The molecule has 0 aliphatic carbocycles. The van der Waals surface area contributed by atoms with Crippen LogP contribution < -0.4 is 10.5 Å². The molecule has 3 aromatic rings. The second kappa shape index (κ2) is 5.22. The smallest absolute Gasteiger partial charge is 0.142 e. The summed E-state index contributed by atoms with van der Waals surface area (Å²) in [6, 6.07) is 9.09. The third-order valence-electron chi connectivity index (χ3n) is 3.17. The van der Waals surface area contributed by atoms with Crippen molar-refractivity contribution in [3.8, 4) is 5.75 Å². The van der Waals surface area contributed by atoms with E-state index in [2.05, 4.69) is 15.0 Å². The largest absolute Gasteiger partial charge is 0.495 e. The Balaban J connectivity index is 2.05. The van der Waals surface area contributed by atoms with Gasteiger partial charge >= 0.3 is 0 Å². The van der Waals surface area contributed by atoms with Gasteiger partial charge in [-0.25, -0.2) is 0 Å². The molecule has 0 spiro atoms. The van der Waals surface area contributed by atoms with Gasteiger partial charge in [0, 0.05) is 18.6 Å². The van der Waals surface area contributed by atoms with Gasteiger partial charge in [0.15, 0.2) is 0 Å². The summed E-state index contributed by atoms with van der Waals surface area (Å²) in [5, 5.41) is 0. The van der Waals surface area contributed by atoms with E-state index in [1.807, 2.05) is 30.3 Å². The zero-order chi connectivity index (χ0) is 13.9. The number of benzene rings is 1. The molecule has 0 radical (unpaired) electrons. The Kier molecular flexibility index (Phi) is 3.26. The molecule has 0 saturated carbocycles. The number of hydrogen-bond donors (Lipinski definition) is 1. The summed E-state index contributed by atoms with van der Waals surface area (Å²) in [7, 11) is 1.61. The number of methoxy groups -OCH3 is 1. The van der Waals surface area contributed by atoms with Crippen LogP contribution in [0.3, 0.4) is 0 Å². The third-order valence-corrected chi connectivity index (χ3v) is 3.17. The predicted molar refractivity (Wildman–Crippen MR) is 76.4 cm³/mol. The van der Waals surface area contributed by atoms with E-state index < -0.39 is 0 Å². The van der Waals surface area contributed by atoms with Crippen molar-refractivity contribution in [1.82, 2.24) is 15.0 Å². The summed E-state index contributed by atoms with van der Waals surface area (Å²) < 4.78 is 5.30. The highest BCUT2D eigenvalue weighted by molar-refractivity contribution is 5.74. The van der Waals surface area contributed by atoms with Gasteiger partial charge in [-0.1, -0.05) is 6.07 Å². The van der Waals surface area contributed by atoms with Crippen molar-refractivity contribution in [2.24, 2.45) is 5.73 Å². The number of ether oxygens (including phenoxy) is 1. The van der Waals surface area contributed by atoms with Crippen LogP contribution in [0.2, 0.25) is 0 Å². The lowest BCUT2D eigenvalue weighted by Gasteiger charge is -2.15. The highest BCUT2D eigenvalue weighted by Crippen LogP contribution is 2.27. The van der Waals surface area contributed by atoms with Crippen LogP contribution in [-0.4, -0.2) is 22.1 Å². The Morgan fingerprint density at radius 3 is 2.60 bits per heavy atom. The van der Waals surface area contributed by atoms with Gasteiger partial charge in [-0.05, 0) is 29.8 Å². The number of aromatic nitrogens is 3. The predicted octanol–water partition coefficient (Wildman–Crippen LogP) is 2.08. The highest BCUT2D eigenvalue weighted by atomic mass is 16.5. The standard InChI is InChI=1S/C15H14N4O/c1-20-13-3-2-6-19-15(13)14(16)10-4-5-11-12(9-10)18-8-7-17-11/h2-9,14H,16H2,1H3. The first-order valence-electron chi connectivity index (χ1n) is 6.25. The van der Waals surface area contributed by atoms with Crippen molar-refractivity contribution < 1.29 is 4.74 Å². The Hall–Kier alpha value is -2.53. The van der Waals surface area contributed by atoms with Gasteiger partial charge in [0.05, 0.1) is 24.2 Å². The fraction of sp³-hybridized carbons (Fsp3) is 0.133. The minimum atomic E-state index is -0.363. The topological polar surface area (TPSA) is 73.9 Å². The summed E-state index contributed by atoms with van der Waals surface area (Å²) in [6.07, 6.45) is 5.04. The molecule has 0 amide bonds. The van der Waals surface area contributed by atoms with Gasteiger partial charge < -0.3 is 10.5 Å². The van der Waals surface area contributed by atoms with E-state index in [-0.39, 0.29) is 6.04 Å². The zero-order valence-corrected chi connectivity index (χ0v) is 11.0. The minimum Gasteiger partial charge on any atom is -0.495 e. The van der Waals surface area contributed by atoms with Crippen LogP contribution in [0, 0.1) is 0 Å². The first-order valence-corrected chi connectivity index (χ1v) is 6.25. The molecule has 1 atom stereocenters. The molecular formula is C15H14N4O. The molecule has 0 fully saturated rings. The molecule has 5 nitrogen and oxygen atoms in total. The van der Waals surface area contributed by atoms with Gasteiger partial charge in [0.1, 0.15) is 11.4 Å². The highest BCUT2D eigenvalue weighted by Gasteiger charge is 2.15. The Morgan fingerprint density at radius 2 is 1.80 bits per heavy atom. The Labute approximate surface area is 116 Å². The van der Waals surface area contributed by atoms with Gasteiger partial charge in [-0.2, -0.15) is 0 Å². The summed E-state index contributed by atoms with van der Waals surface area (Å²) >= 11 is 0. The van der Waals surface area contributed by atoms with Crippen LogP contribution in [0.4, 0.5) is 0 Å². The van der Waals surface area contributed by atoms with Gasteiger partial charge in [0.25, 0.3) is 0 Å². The van der Waals surface area contributed by atoms with Gasteiger partial charge in [-0.3, -0.25) is 15.0 Å². The number of rotatable bonds is 3. The molecule has 1 unspecified atom stereocenters. The fourth-order valence-electron chi connectivity index (χ4n) is 2.14. The molecule has 3 rings (SSSR count). The molecule has 1 aromatic carbocycles. The third kappa shape index (κ3) is 2.19. The van der Waals surface area contributed by atoms with E-state index >= 15 is 0 Å². The molecule has 2 aromatic heterocycles. The lowest BCUT2D eigenvalue weighted by molar-refractivity contribution is 0.404. The molecule has 0 saturated heterocycles. The summed E-state index contributed by atoms with van der Waals surface area (Å²) in [4.78, 5) is 12.9. The van der Waals surface area contributed by atoms with E-state index in [1.54, 1.807) is 25.7 Å². The monoisotopic (exact) mass is 266 g/mol. The quantitative estimate of drug-likeness (QED) is 0.785. The van der Waals surface area contributed by atoms with Crippen molar-refractivity contribution in [3.05, 3.63) is 60.2 Å². The number of pyridine rings is 1. The van der Waals surface area contributed by atoms with Crippen LogP contribution >= 0.6 is 0 Å². The number of hydrogen-bond acceptors (Lipinski definition) is 5. The Morgan fingerprint density at radius 1 is 1.00 bits per heavy atom. The maximum absolute atomic E-state index is 6.29. The second-order valence-electron chi connectivity index (χ2n) is 4.37. The zero-order valence-electron chi connectivity index (χ0n) is 11.0. The summed E-state index contributed by atoms with van der Waals surface area (Å²) in [5.74, 6) is 0.680. The second-order valence-corrected chi connectivity index (χ2v) is 4.37. The molecule has 0 aliphatic heterocycles. The van der Waals surface area contributed by atoms with Crippen LogP contribution in [0.15, 0.2) is 48.9 Å². The minimum absolute atomic E-state index is 0.363. The number of nitrogens with zero attached hydrogens (tertiary/aromatic N) is 3. The molecule has 0 bridgehead atoms. The fourth-order valence-corrected chi connectivity index (χ4v) is 2.14. The maximum atomic E-state index is 6.29. The van der Waals surface area contributed by atoms with Gasteiger partial charge in [-0.15, -0.1) is 0 Å². The van der Waals surface area contributed by atoms with Crippen molar-refractivity contribution in [1.29, 1.82) is 0 Å². The van der Waals surface area contributed by atoms with Crippen LogP contribution in [0.5, 0.6) is 5.75 Å². The average molecular weight is 266 g/mol. The molecule has 0 aliphatic rings. The summed E-state index contributed by atoms with van der Waals surface area (Å²) in [6.45, 7) is 0. The molecule has 20 heavy (non-hydrogen) atoms. The maximum Gasteiger partial charge on any atom is 0.142 e. The van der Waals surface area contributed by atoms with Crippen LogP contribution in [0.1, 0.15) is 17.3 Å². The average Bonchev–Trinajstić information content (AvgIpc) is 2.53. The van der Waals surface area contributed by atoms with E-state index in [1.165, 1.54) is 0 Å². The van der Waals surface area contributed by atoms with Gasteiger partial charge in [0.2, 0.25) is 0 Å². The van der Waals surface area contributed by atoms with E-state index in [9.17, 15) is 0 Å². The van der Waals surface area contributed by atoms with Crippen molar-refractivity contribution in [2.45, 2.75) is 6.04 Å². The lowest BCUT2D eigenvalue weighted by Crippen LogP contribution is -2.14. The van der Waals surface area contributed by atoms with Crippen molar-refractivity contribution >= 4 is 11.0 Å². The first-order chi connectivity index (χ1) is 9.79. The van der Waals surface area contributed by atoms with E-state index in [0.29, 0.717) is 11.4 Å². The van der Waals surface area contributed by atoms with Crippen LogP contribution in [-0.2, 0) is 0 Å². The van der Waals surface area contributed by atoms with Crippen LogP contribution in [0.25, 0.3) is 11.0 Å². The van der Waals surface area contributed by atoms with E-state index in [4.69, 9.17) is 10.5 Å². The summed E-state index contributed by atoms with van der Waals surface area (Å²) in [5.41, 5.74) is 9.58. The molecule has 2 N–H and O–H groups in total. The van der Waals surface area contributed by atoms with Crippen molar-refractivity contribution in [3.63, 3.8) is 0 Å². The molecule has 5 heteroatoms. The lowest BCUT2D eigenvalue weighted by atomic mass is 10.0. The van der Waals surface area contributed by atoms with Crippen molar-refractivity contribution in [2.75, 3.05) is 7.11 Å². The molecular weight excluding hydrogens is 252 g/mol. The molecule has 2 heterocycles. The molecule has 100 valence electrons. The normalized spacial score (nSPS) is 12.3. The first kappa shape index (κ1) is 12.5.